The summed E-state index contributed by atoms with van der Waals surface area (Å²) in [5.41, 5.74) is 14.5. The highest BCUT2D eigenvalue weighted by molar-refractivity contribution is 7.98. The Kier molecular flexibility index (Phi) is 5.47. The van der Waals surface area contributed by atoms with Crippen LogP contribution in [0.25, 0.3) is 0 Å². The standard InChI is InChI=1S/C17H20N8S/c1-3-11-6-4-5-7-12(11)21-16-24-14(23-15(19)25-16)9-26-17-20-10(2)8-13(18)22-17/h4-8H,3,9H2,1-2H3,(H2,18,20,22)(H3,19,21,23,24,25). The Morgan fingerprint density at radius 1 is 1.04 bits per heavy atom. The lowest BCUT2D eigenvalue weighted by atomic mass is 10.1. The molecule has 0 atom stereocenters. The van der Waals surface area contributed by atoms with Crippen molar-refractivity contribution in [3.63, 3.8) is 0 Å². The monoisotopic (exact) mass is 368 g/mol. The fourth-order valence-electron chi connectivity index (χ4n) is 2.39. The molecule has 2 aromatic heterocycles. The van der Waals surface area contributed by atoms with Crippen LogP contribution in [0.4, 0.5) is 23.4 Å². The molecule has 0 aliphatic heterocycles. The van der Waals surface area contributed by atoms with Crippen LogP contribution < -0.4 is 16.8 Å². The number of para-hydroxylation sites is 1. The molecule has 26 heavy (non-hydrogen) atoms. The molecule has 0 bridgehead atoms. The Morgan fingerprint density at radius 2 is 1.85 bits per heavy atom. The molecule has 0 saturated carbocycles. The van der Waals surface area contributed by atoms with E-state index in [4.69, 9.17) is 11.5 Å². The van der Waals surface area contributed by atoms with E-state index in [1.807, 2.05) is 25.1 Å². The number of rotatable bonds is 6. The minimum Gasteiger partial charge on any atom is -0.384 e. The molecule has 0 fully saturated rings. The second kappa shape index (κ2) is 7.96. The van der Waals surface area contributed by atoms with E-state index in [2.05, 4.69) is 43.2 Å². The maximum Gasteiger partial charge on any atom is 0.232 e. The average molecular weight is 368 g/mol. The van der Waals surface area contributed by atoms with Gasteiger partial charge in [-0.05, 0) is 25.0 Å². The number of benzene rings is 1. The summed E-state index contributed by atoms with van der Waals surface area (Å²) in [6.45, 7) is 3.97. The van der Waals surface area contributed by atoms with Crippen molar-refractivity contribution in [1.29, 1.82) is 0 Å². The topological polar surface area (TPSA) is 129 Å². The molecule has 3 rings (SSSR count). The summed E-state index contributed by atoms with van der Waals surface area (Å²) in [5.74, 6) is 2.02. The molecular formula is C17H20N8S. The highest BCUT2D eigenvalue weighted by Gasteiger charge is 2.09. The number of thioether (sulfide) groups is 1. The minimum absolute atomic E-state index is 0.164. The van der Waals surface area contributed by atoms with Crippen LogP contribution in [0.15, 0.2) is 35.5 Å². The highest BCUT2D eigenvalue weighted by Crippen LogP contribution is 2.22. The van der Waals surface area contributed by atoms with E-state index >= 15 is 0 Å². The van der Waals surface area contributed by atoms with Gasteiger partial charge in [0.2, 0.25) is 11.9 Å². The number of nitrogens with one attached hydrogen (secondary N) is 1. The molecule has 0 saturated heterocycles. The normalized spacial score (nSPS) is 10.7. The molecule has 0 radical (unpaired) electrons. The van der Waals surface area contributed by atoms with Crippen LogP contribution in [0.1, 0.15) is 24.0 Å². The van der Waals surface area contributed by atoms with Crippen LogP contribution in [0.3, 0.4) is 0 Å². The van der Waals surface area contributed by atoms with Crippen molar-refractivity contribution in [2.24, 2.45) is 0 Å². The lowest BCUT2D eigenvalue weighted by Crippen LogP contribution is -2.07. The third-order valence-electron chi connectivity index (χ3n) is 3.53. The molecule has 0 aliphatic rings. The van der Waals surface area contributed by atoms with Crippen LogP contribution in [0.2, 0.25) is 0 Å². The van der Waals surface area contributed by atoms with Gasteiger partial charge in [0, 0.05) is 17.4 Å². The largest absolute Gasteiger partial charge is 0.384 e. The van der Waals surface area contributed by atoms with Gasteiger partial charge in [0.25, 0.3) is 0 Å². The predicted octanol–water partition coefficient (Wildman–Crippen LogP) is 2.73. The summed E-state index contributed by atoms with van der Waals surface area (Å²) in [6, 6.07) is 9.72. The summed E-state index contributed by atoms with van der Waals surface area (Å²) >= 11 is 1.39. The first-order valence-corrected chi connectivity index (χ1v) is 9.11. The van der Waals surface area contributed by atoms with Gasteiger partial charge in [-0.25, -0.2) is 9.97 Å². The molecular weight excluding hydrogens is 348 g/mol. The average Bonchev–Trinajstić information content (AvgIpc) is 2.59. The first-order chi connectivity index (χ1) is 12.5. The summed E-state index contributed by atoms with van der Waals surface area (Å²) in [6.07, 6.45) is 0.901. The van der Waals surface area contributed by atoms with Gasteiger partial charge < -0.3 is 16.8 Å². The number of anilines is 4. The van der Waals surface area contributed by atoms with Crippen molar-refractivity contribution in [3.8, 4) is 0 Å². The first kappa shape index (κ1) is 17.9. The summed E-state index contributed by atoms with van der Waals surface area (Å²) in [4.78, 5) is 21.3. The maximum atomic E-state index is 5.84. The minimum atomic E-state index is 0.164. The Balaban J connectivity index is 1.77. The van der Waals surface area contributed by atoms with Gasteiger partial charge >= 0.3 is 0 Å². The van der Waals surface area contributed by atoms with Crippen molar-refractivity contribution in [3.05, 3.63) is 47.4 Å². The molecule has 1 aromatic carbocycles. The molecule has 3 aromatic rings. The quantitative estimate of drug-likeness (QED) is 0.444. The Hall–Kier alpha value is -2.94. The number of hydrogen-bond acceptors (Lipinski definition) is 9. The van der Waals surface area contributed by atoms with Crippen LogP contribution in [-0.4, -0.2) is 24.9 Å². The van der Waals surface area contributed by atoms with E-state index in [1.165, 1.54) is 17.3 Å². The molecule has 2 heterocycles. The van der Waals surface area contributed by atoms with Gasteiger partial charge in [-0.15, -0.1) is 0 Å². The highest BCUT2D eigenvalue weighted by atomic mass is 32.2. The number of aryl methyl sites for hydroxylation is 2. The van der Waals surface area contributed by atoms with Gasteiger partial charge in [-0.1, -0.05) is 36.9 Å². The van der Waals surface area contributed by atoms with Crippen molar-refractivity contribution in [1.82, 2.24) is 24.9 Å². The second-order valence-electron chi connectivity index (χ2n) is 5.57. The summed E-state index contributed by atoms with van der Waals surface area (Å²) in [7, 11) is 0. The molecule has 0 unspecified atom stereocenters. The Bertz CT molecular complexity index is 895. The van der Waals surface area contributed by atoms with E-state index in [0.29, 0.717) is 28.5 Å². The molecule has 0 spiro atoms. The third kappa shape index (κ3) is 4.57. The smallest absolute Gasteiger partial charge is 0.232 e. The number of nitrogens with two attached hydrogens (primary N) is 2. The number of aromatic nitrogens is 5. The van der Waals surface area contributed by atoms with Crippen molar-refractivity contribution >= 4 is 35.2 Å². The lowest BCUT2D eigenvalue weighted by Gasteiger charge is -2.10. The molecule has 5 N–H and O–H groups in total. The van der Waals surface area contributed by atoms with Crippen LogP contribution in [0, 0.1) is 6.92 Å². The fraction of sp³-hybridized carbons (Fsp3) is 0.235. The van der Waals surface area contributed by atoms with Crippen LogP contribution in [-0.2, 0) is 12.2 Å². The number of nitrogens with zero attached hydrogens (tertiary/aromatic N) is 5. The van der Waals surface area contributed by atoms with Crippen molar-refractivity contribution in [2.75, 3.05) is 16.8 Å². The maximum absolute atomic E-state index is 5.84. The van der Waals surface area contributed by atoms with Gasteiger partial charge in [-0.2, -0.15) is 15.0 Å². The van der Waals surface area contributed by atoms with E-state index < -0.39 is 0 Å². The fourth-order valence-corrected chi connectivity index (χ4v) is 3.15. The van der Waals surface area contributed by atoms with Gasteiger partial charge in [0.1, 0.15) is 11.6 Å². The SMILES string of the molecule is CCc1ccccc1Nc1nc(N)nc(CSc2nc(C)cc(N)n2)n1. The lowest BCUT2D eigenvalue weighted by molar-refractivity contribution is 0.931. The molecule has 8 nitrogen and oxygen atoms in total. The van der Waals surface area contributed by atoms with Crippen molar-refractivity contribution in [2.45, 2.75) is 31.2 Å². The van der Waals surface area contributed by atoms with Crippen LogP contribution in [0.5, 0.6) is 0 Å². The molecule has 0 amide bonds. The second-order valence-corrected chi connectivity index (χ2v) is 6.52. The molecule has 134 valence electrons. The first-order valence-electron chi connectivity index (χ1n) is 8.13. The molecule has 9 heteroatoms. The van der Waals surface area contributed by atoms with E-state index in [9.17, 15) is 0 Å². The number of nitrogen functional groups attached to an aromatic ring is 2. The Labute approximate surface area is 155 Å². The zero-order valence-electron chi connectivity index (χ0n) is 14.6. The summed E-state index contributed by atoms with van der Waals surface area (Å²) < 4.78 is 0. The van der Waals surface area contributed by atoms with E-state index in [0.717, 1.165) is 17.8 Å². The Morgan fingerprint density at radius 3 is 2.62 bits per heavy atom. The van der Waals surface area contributed by atoms with Gasteiger partial charge in [0.05, 0.1) is 5.75 Å². The summed E-state index contributed by atoms with van der Waals surface area (Å²) in [5, 5.41) is 3.79. The van der Waals surface area contributed by atoms with Gasteiger partial charge in [-0.3, -0.25) is 0 Å². The zero-order chi connectivity index (χ0) is 18.5. The van der Waals surface area contributed by atoms with Crippen LogP contribution >= 0.6 is 11.8 Å². The van der Waals surface area contributed by atoms with Gasteiger partial charge in [0.15, 0.2) is 5.16 Å². The van der Waals surface area contributed by atoms with E-state index in [-0.39, 0.29) is 5.95 Å². The number of hydrogen-bond donors (Lipinski definition) is 3. The van der Waals surface area contributed by atoms with Crippen molar-refractivity contribution < 1.29 is 0 Å². The third-order valence-corrected chi connectivity index (χ3v) is 4.37. The predicted molar refractivity (Wildman–Crippen MR) is 104 cm³/mol. The molecule has 0 aliphatic carbocycles. The zero-order valence-corrected chi connectivity index (χ0v) is 15.4. The van der Waals surface area contributed by atoms with E-state index in [1.54, 1.807) is 6.07 Å².